The molecule has 0 amide bonds. The minimum Gasteiger partial charge on any atom is -0.315 e. The number of sulfonamides is 1. The summed E-state index contributed by atoms with van der Waals surface area (Å²) < 4.78 is 53.1. The van der Waals surface area contributed by atoms with E-state index in [1.807, 2.05) is 0 Å². The van der Waals surface area contributed by atoms with Crippen LogP contribution >= 0.6 is 15.9 Å². The van der Waals surface area contributed by atoms with Crippen LogP contribution in [0.15, 0.2) is 21.5 Å². The summed E-state index contributed by atoms with van der Waals surface area (Å²) >= 11 is 2.85. The Morgan fingerprint density at radius 3 is 2.68 bits per heavy atom. The van der Waals surface area contributed by atoms with E-state index in [4.69, 9.17) is 0 Å². The number of piperidine rings is 1. The summed E-state index contributed by atoms with van der Waals surface area (Å²) in [5.74, 6) is -1.94. The van der Waals surface area contributed by atoms with E-state index in [1.165, 1.54) is 0 Å². The fraction of sp³-hybridized carbons (Fsp3) is 0.455. The van der Waals surface area contributed by atoms with Crippen LogP contribution in [0.25, 0.3) is 0 Å². The van der Waals surface area contributed by atoms with Gasteiger partial charge < -0.3 is 5.32 Å². The second-order valence-corrected chi connectivity index (χ2v) is 6.90. The van der Waals surface area contributed by atoms with Gasteiger partial charge in [-0.1, -0.05) is 0 Å². The summed E-state index contributed by atoms with van der Waals surface area (Å²) in [5.41, 5.74) is 0. The third-order valence-electron chi connectivity index (χ3n) is 2.88. The largest absolute Gasteiger partial charge is 0.315 e. The first-order valence-electron chi connectivity index (χ1n) is 5.78. The molecule has 0 spiro atoms. The molecule has 0 radical (unpaired) electrons. The highest BCUT2D eigenvalue weighted by molar-refractivity contribution is 9.10. The van der Waals surface area contributed by atoms with Crippen LogP contribution < -0.4 is 10.0 Å². The topological polar surface area (TPSA) is 58.2 Å². The van der Waals surface area contributed by atoms with Crippen molar-refractivity contribution in [2.45, 2.75) is 23.8 Å². The van der Waals surface area contributed by atoms with Gasteiger partial charge in [-0.25, -0.2) is 21.9 Å². The number of benzene rings is 1. The van der Waals surface area contributed by atoms with Gasteiger partial charge in [-0.15, -0.1) is 0 Å². The zero-order chi connectivity index (χ0) is 14.0. The Morgan fingerprint density at radius 2 is 2.05 bits per heavy atom. The minimum absolute atomic E-state index is 0.0870. The normalized spacial score (nSPS) is 20.5. The lowest BCUT2D eigenvalue weighted by molar-refractivity contribution is 0.427. The smallest absolute Gasteiger partial charge is 0.243 e. The van der Waals surface area contributed by atoms with Crippen LogP contribution in [0, 0.1) is 11.6 Å². The Kier molecular flexibility index (Phi) is 4.54. The van der Waals surface area contributed by atoms with Gasteiger partial charge in [-0.3, -0.25) is 0 Å². The van der Waals surface area contributed by atoms with E-state index < -0.39 is 26.6 Å². The second kappa shape index (κ2) is 5.82. The molecule has 1 aromatic rings. The first kappa shape index (κ1) is 14.8. The predicted octanol–water partition coefficient (Wildman–Crippen LogP) is 1.76. The van der Waals surface area contributed by atoms with Gasteiger partial charge >= 0.3 is 0 Å². The molecule has 2 N–H and O–H groups in total. The summed E-state index contributed by atoms with van der Waals surface area (Å²) in [6.07, 6.45) is 1.54. The van der Waals surface area contributed by atoms with Crippen LogP contribution in [0.4, 0.5) is 8.78 Å². The van der Waals surface area contributed by atoms with Crippen molar-refractivity contribution in [2.24, 2.45) is 0 Å². The SMILES string of the molecule is O=S(=O)(N[C@@H]1CCCNC1)c1cc(Br)c(F)cc1F. The molecule has 0 aromatic heterocycles. The van der Waals surface area contributed by atoms with Gasteiger partial charge in [-0.05, 0) is 41.4 Å². The molecule has 2 rings (SSSR count). The summed E-state index contributed by atoms with van der Waals surface area (Å²) in [4.78, 5) is -0.550. The molecule has 1 fully saturated rings. The Balaban J connectivity index is 2.26. The van der Waals surface area contributed by atoms with Gasteiger partial charge in [0, 0.05) is 18.7 Å². The minimum atomic E-state index is -3.99. The number of hydrogen-bond acceptors (Lipinski definition) is 3. The molecule has 19 heavy (non-hydrogen) atoms. The van der Waals surface area contributed by atoms with Crippen molar-refractivity contribution in [1.29, 1.82) is 0 Å². The van der Waals surface area contributed by atoms with E-state index >= 15 is 0 Å². The maximum atomic E-state index is 13.6. The first-order valence-corrected chi connectivity index (χ1v) is 8.05. The third kappa shape index (κ3) is 3.50. The van der Waals surface area contributed by atoms with Crippen molar-refractivity contribution in [3.63, 3.8) is 0 Å². The van der Waals surface area contributed by atoms with Crippen LogP contribution in [0.1, 0.15) is 12.8 Å². The summed E-state index contributed by atoms with van der Waals surface area (Å²) in [6.45, 7) is 1.35. The maximum Gasteiger partial charge on any atom is 0.243 e. The fourth-order valence-electron chi connectivity index (χ4n) is 1.95. The molecule has 106 valence electrons. The van der Waals surface area contributed by atoms with Crippen LogP contribution in [-0.4, -0.2) is 27.5 Å². The summed E-state index contributed by atoms with van der Waals surface area (Å²) in [6, 6.07) is 1.21. The Bertz CT molecular complexity index is 574. The van der Waals surface area contributed by atoms with Gasteiger partial charge in [0.2, 0.25) is 10.0 Å². The Labute approximate surface area is 118 Å². The van der Waals surface area contributed by atoms with Crippen LogP contribution in [-0.2, 0) is 10.0 Å². The van der Waals surface area contributed by atoms with Crippen molar-refractivity contribution in [1.82, 2.24) is 10.0 Å². The fourth-order valence-corrected chi connectivity index (χ4v) is 3.80. The lowest BCUT2D eigenvalue weighted by Gasteiger charge is -2.23. The maximum absolute atomic E-state index is 13.6. The van der Waals surface area contributed by atoms with Crippen molar-refractivity contribution in [3.8, 4) is 0 Å². The predicted molar refractivity (Wildman–Crippen MR) is 70.3 cm³/mol. The average molecular weight is 355 g/mol. The molecule has 0 unspecified atom stereocenters. The molecule has 8 heteroatoms. The molecule has 1 heterocycles. The first-order chi connectivity index (χ1) is 8.90. The highest BCUT2D eigenvalue weighted by Gasteiger charge is 2.25. The van der Waals surface area contributed by atoms with Crippen molar-refractivity contribution < 1.29 is 17.2 Å². The molecule has 1 atom stereocenters. The van der Waals surface area contributed by atoms with Crippen molar-refractivity contribution >= 4 is 26.0 Å². The number of halogens is 3. The van der Waals surface area contributed by atoms with E-state index in [0.717, 1.165) is 19.0 Å². The zero-order valence-corrected chi connectivity index (χ0v) is 12.3. The molecule has 0 saturated carbocycles. The molecule has 1 aliphatic heterocycles. The summed E-state index contributed by atoms with van der Waals surface area (Å²) in [5, 5.41) is 3.05. The average Bonchev–Trinajstić information content (AvgIpc) is 2.34. The van der Waals surface area contributed by atoms with Gasteiger partial charge in [-0.2, -0.15) is 0 Å². The van der Waals surface area contributed by atoms with Crippen LogP contribution in [0.3, 0.4) is 0 Å². The number of hydrogen-bond donors (Lipinski definition) is 2. The lowest BCUT2D eigenvalue weighted by Crippen LogP contribution is -2.45. The molecule has 1 aliphatic rings. The van der Waals surface area contributed by atoms with Gasteiger partial charge in [0.15, 0.2) is 0 Å². The van der Waals surface area contributed by atoms with Gasteiger partial charge in [0.1, 0.15) is 16.5 Å². The Hall–Kier alpha value is -0.570. The molecule has 0 bridgehead atoms. The molecule has 4 nitrogen and oxygen atoms in total. The molecule has 0 aliphatic carbocycles. The van der Waals surface area contributed by atoms with Crippen LogP contribution in [0.5, 0.6) is 0 Å². The number of rotatable bonds is 3. The molecule has 1 aromatic carbocycles. The van der Waals surface area contributed by atoms with Gasteiger partial charge in [0.05, 0.1) is 4.47 Å². The summed E-state index contributed by atoms with van der Waals surface area (Å²) in [7, 11) is -3.99. The highest BCUT2D eigenvalue weighted by atomic mass is 79.9. The van der Waals surface area contributed by atoms with Gasteiger partial charge in [0.25, 0.3) is 0 Å². The third-order valence-corrected chi connectivity index (χ3v) is 5.03. The van der Waals surface area contributed by atoms with Crippen molar-refractivity contribution in [2.75, 3.05) is 13.1 Å². The monoisotopic (exact) mass is 354 g/mol. The lowest BCUT2D eigenvalue weighted by atomic mass is 10.1. The second-order valence-electron chi connectivity index (χ2n) is 4.36. The quantitative estimate of drug-likeness (QED) is 0.813. The highest BCUT2D eigenvalue weighted by Crippen LogP contribution is 2.23. The number of nitrogens with one attached hydrogen (secondary N) is 2. The van der Waals surface area contributed by atoms with Crippen LogP contribution in [0.2, 0.25) is 0 Å². The Morgan fingerprint density at radius 1 is 1.32 bits per heavy atom. The molecular formula is C11H13BrF2N2O2S. The molecular weight excluding hydrogens is 342 g/mol. The molecule has 1 saturated heterocycles. The van der Waals surface area contributed by atoms with Crippen molar-refractivity contribution in [3.05, 3.63) is 28.2 Å². The van der Waals surface area contributed by atoms with E-state index in [0.29, 0.717) is 19.0 Å². The van der Waals surface area contributed by atoms with E-state index in [1.54, 1.807) is 0 Å². The van der Waals surface area contributed by atoms with E-state index in [9.17, 15) is 17.2 Å². The van der Waals surface area contributed by atoms with E-state index in [-0.39, 0.29) is 10.5 Å². The standard InChI is InChI=1S/C11H13BrF2N2O2S/c12-8-4-11(10(14)5-9(8)13)19(17,18)16-7-2-1-3-15-6-7/h4-5,7,15-16H,1-3,6H2/t7-/m1/s1. The van der Waals surface area contributed by atoms with E-state index in [2.05, 4.69) is 26.0 Å². The zero-order valence-electron chi connectivity index (χ0n) is 9.92.